The van der Waals surface area contributed by atoms with E-state index in [2.05, 4.69) is 0 Å². The molecule has 0 spiro atoms. The van der Waals surface area contributed by atoms with E-state index in [4.69, 9.17) is 0 Å². The summed E-state index contributed by atoms with van der Waals surface area (Å²) in [6.45, 7) is 3.89. The maximum absolute atomic E-state index is 11.0. The van der Waals surface area contributed by atoms with Gasteiger partial charge >= 0.3 is 0 Å². The van der Waals surface area contributed by atoms with Gasteiger partial charge in [-0.2, -0.15) is 0 Å². The molecule has 0 aromatic rings. The minimum absolute atomic E-state index is 0.00694. The standard InChI is InChI=1S/C11H16O2/c1-3-5-7-10(12)9-11(13)8-6-4-2/h5-8H,3-4,9H2,1-2H3/b7-5+,8-6+. The number of rotatable bonds is 6. The molecule has 0 aromatic heterocycles. The fourth-order valence-corrected chi connectivity index (χ4v) is 0.788. The Morgan fingerprint density at radius 3 is 1.62 bits per heavy atom. The van der Waals surface area contributed by atoms with E-state index >= 15 is 0 Å². The van der Waals surface area contributed by atoms with Gasteiger partial charge in [0.1, 0.15) is 0 Å². The van der Waals surface area contributed by atoms with Crippen LogP contribution in [0.15, 0.2) is 24.3 Å². The normalized spacial score (nSPS) is 11.2. The minimum atomic E-state index is -0.118. The Hall–Kier alpha value is -1.18. The molecule has 2 heteroatoms. The van der Waals surface area contributed by atoms with E-state index < -0.39 is 0 Å². The zero-order valence-corrected chi connectivity index (χ0v) is 8.25. The molecule has 0 aliphatic carbocycles. The molecule has 0 aromatic carbocycles. The molecule has 0 rings (SSSR count). The molecule has 0 N–H and O–H groups in total. The summed E-state index contributed by atoms with van der Waals surface area (Å²) in [6.07, 6.45) is 8.11. The van der Waals surface area contributed by atoms with Crippen LogP contribution in [0.25, 0.3) is 0 Å². The highest BCUT2D eigenvalue weighted by Crippen LogP contribution is 1.92. The summed E-state index contributed by atoms with van der Waals surface area (Å²) < 4.78 is 0. The minimum Gasteiger partial charge on any atom is -0.294 e. The van der Waals surface area contributed by atoms with Crippen molar-refractivity contribution in [2.75, 3.05) is 0 Å². The van der Waals surface area contributed by atoms with Gasteiger partial charge in [0.05, 0.1) is 6.42 Å². The zero-order valence-electron chi connectivity index (χ0n) is 8.25. The first kappa shape index (κ1) is 11.8. The van der Waals surface area contributed by atoms with Gasteiger partial charge in [-0.3, -0.25) is 9.59 Å². The summed E-state index contributed by atoms with van der Waals surface area (Å²) in [6, 6.07) is 0. The van der Waals surface area contributed by atoms with Crippen molar-refractivity contribution in [3.8, 4) is 0 Å². The molecule has 0 saturated carbocycles. The smallest absolute Gasteiger partial charge is 0.163 e. The van der Waals surface area contributed by atoms with Crippen LogP contribution in [-0.2, 0) is 9.59 Å². The molecule has 0 amide bonds. The highest BCUT2D eigenvalue weighted by Gasteiger charge is 2.01. The summed E-state index contributed by atoms with van der Waals surface area (Å²) in [5.41, 5.74) is 0. The van der Waals surface area contributed by atoms with Crippen molar-refractivity contribution < 1.29 is 9.59 Å². The molecule has 0 saturated heterocycles. The SMILES string of the molecule is CC/C=C/C(=O)CC(=O)/C=C/CC. The molecule has 0 atom stereocenters. The fourth-order valence-electron chi connectivity index (χ4n) is 0.788. The Morgan fingerprint density at radius 1 is 0.923 bits per heavy atom. The molecule has 13 heavy (non-hydrogen) atoms. The number of allylic oxidation sites excluding steroid dienone is 4. The van der Waals surface area contributed by atoms with Crippen molar-refractivity contribution in [1.82, 2.24) is 0 Å². The van der Waals surface area contributed by atoms with Gasteiger partial charge in [-0.05, 0) is 25.0 Å². The van der Waals surface area contributed by atoms with Gasteiger partial charge in [-0.25, -0.2) is 0 Å². The maximum Gasteiger partial charge on any atom is 0.163 e. The van der Waals surface area contributed by atoms with E-state index in [1.54, 1.807) is 12.2 Å². The van der Waals surface area contributed by atoms with Crippen LogP contribution in [0.4, 0.5) is 0 Å². The Balaban J connectivity index is 3.85. The van der Waals surface area contributed by atoms with E-state index in [1.165, 1.54) is 12.2 Å². The Labute approximate surface area is 79.3 Å². The lowest BCUT2D eigenvalue weighted by Gasteiger charge is -1.89. The highest BCUT2D eigenvalue weighted by atomic mass is 16.1. The Bertz CT molecular complexity index is 200. The van der Waals surface area contributed by atoms with Gasteiger partial charge < -0.3 is 0 Å². The fraction of sp³-hybridized carbons (Fsp3) is 0.455. The Morgan fingerprint density at radius 2 is 1.31 bits per heavy atom. The molecule has 0 heterocycles. The number of carbonyl (C=O) groups is 2. The van der Waals surface area contributed by atoms with Crippen LogP contribution in [0.5, 0.6) is 0 Å². The van der Waals surface area contributed by atoms with Crippen molar-refractivity contribution >= 4 is 11.6 Å². The van der Waals surface area contributed by atoms with Crippen LogP contribution in [0.3, 0.4) is 0 Å². The van der Waals surface area contributed by atoms with Crippen molar-refractivity contribution in [1.29, 1.82) is 0 Å². The number of hydrogen-bond donors (Lipinski definition) is 0. The highest BCUT2D eigenvalue weighted by molar-refractivity contribution is 6.08. The lowest BCUT2D eigenvalue weighted by atomic mass is 10.1. The van der Waals surface area contributed by atoms with Crippen molar-refractivity contribution in [2.24, 2.45) is 0 Å². The summed E-state index contributed by atoms with van der Waals surface area (Å²) >= 11 is 0. The van der Waals surface area contributed by atoms with Crippen molar-refractivity contribution in [3.63, 3.8) is 0 Å². The third-order valence-corrected chi connectivity index (χ3v) is 1.43. The van der Waals surface area contributed by atoms with Crippen LogP contribution >= 0.6 is 0 Å². The second-order valence-electron chi connectivity index (χ2n) is 2.73. The molecule has 0 radical (unpaired) electrons. The third kappa shape index (κ3) is 7.19. The Kier molecular flexibility index (Phi) is 6.79. The first-order valence-electron chi connectivity index (χ1n) is 4.59. The number of hydrogen-bond acceptors (Lipinski definition) is 2. The maximum atomic E-state index is 11.0. The van der Waals surface area contributed by atoms with Crippen LogP contribution in [0, 0.1) is 0 Å². The predicted molar refractivity (Wildman–Crippen MR) is 53.5 cm³/mol. The number of carbonyl (C=O) groups excluding carboxylic acids is 2. The molecular formula is C11H16O2. The van der Waals surface area contributed by atoms with Gasteiger partial charge in [0.25, 0.3) is 0 Å². The quantitative estimate of drug-likeness (QED) is 0.464. The van der Waals surface area contributed by atoms with Gasteiger partial charge in [0.15, 0.2) is 11.6 Å². The zero-order chi connectivity index (χ0) is 10.1. The average molecular weight is 180 g/mol. The molecule has 0 aliphatic rings. The van der Waals surface area contributed by atoms with E-state index in [0.717, 1.165) is 12.8 Å². The van der Waals surface area contributed by atoms with Gasteiger partial charge in [-0.1, -0.05) is 26.0 Å². The van der Waals surface area contributed by atoms with Gasteiger partial charge in [0, 0.05) is 0 Å². The molecule has 72 valence electrons. The van der Waals surface area contributed by atoms with Crippen LogP contribution in [0.1, 0.15) is 33.1 Å². The van der Waals surface area contributed by atoms with Gasteiger partial charge in [-0.15, -0.1) is 0 Å². The molecule has 0 aliphatic heterocycles. The monoisotopic (exact) mass is 180 g/mol. The average Bonchev–Trinajstić information content (AvgIpc) is 2.11. The molecule has 2 nitrogen and oxygen atoms in total. The summed E-state index contributed by atoms with van der Waals surface area (Å²) in [5.74, 6) is -0.236. The summed E-state index contributed by atoms with van der Waals surface area (Å²) in [7, 11) is 0. The summed E-state index contributed by atoms with van der Waals surface area (Å²) in [4.78, 5) is 22.1. The first-order valence-corrected chi connectivity index (χ1v) is 4.59. The second kappa shape index (κ2) is 7.47. The predicted octanol–water partition coefficient (Wildman–Crippen LogP) is 2.45. The largest absolute Gasteiger partial charge is 0.294 e. The molecule has 0 fully saturated rings. The van der Waals surface area contributed by atoms with Crippen LogP contribution in [0.2, 0.25) is 0 Å². The lowest BCUT2D eigenvalue weighted by molar-refractivity contribution is -0.121. The third-order valence-electron chi connectivity index (χ3n) is 1.43. The lowest BCUT2D eigenvalue weighted by Crippen LogP contribution is -2.01. The van der Waals surface area contributed by atoms with Crippen LogP contribution in [-0.4, -0.2) is 11.6 Å². The van der Waals surface area contributed by atoms with Gasteiger partial charge in [0.2, 0.25) is 0 Å². The van der Waals surface area contributed by atoms with Crippen molar-refractivity contribution in [2.45, 2.75) is 33.1 Å². The molecule has 0 bridgehead atoms. The van der Waals surface area contributed by atoms with Crippen molar-refractivity contribution in [3.05, 3.63) is 24.3 Å². The van der Waals surface area contributed by atoms with E-state index in [0.29, 0.717) is 0 Å². The van der Waals surface area contributed by atoms with Crippen LogP contribution < -0.4 is 0 Å². The summed E-state index contributed by atoms with van der Waals surface area (Å²) in [5, 5.41) is 0. The second-order valence-corrected chi connectivity index (χ2v) is 2.73. The van der Waals surface area contributed by atoms with E-state index in [1.807, 2.05) is 13.8 Å². The molecular weight excluding hydrogens is 164 g/mol. The number of ketones is 2. The topological polar surface area (TPSA) is 34.1 Å². The van der Waals surface area contributed by atoms with E-state index in [-0.39, 0.29) is 18.0 Å². The first-order chi connectivity index (χ1) is 6.20. The molecule has 0 unspecified atom stereocenters. The van der Waals surface area contributed by atoms with E-state index in [9.17, 15) is 9.59 Å².